The van der Waals surface area contributed by atoms with Crippen molar-refractivity contribution in [1.82, 2.24) is 4.90 Å². The van der Waals surface area contributed by atoms with Gasteiger partial charge in [0.15, 0.2) is 0 Å². The van der Waals surface area contributed by atoms with Crippen LogP contribution in [0.25, 0.3) is 0 Å². The number of hydrogen-bond acceptors (Lipinski definition) is 2. The number of rotatable bonds is 6. The highest BCUT2D eigenvalue weighted by Gasteiger charge is 2.39. The number of nitrogens with zero attached hydrogens (tertiary/aromatic N) is 3. The molecule has 1 saturated heterocycles. The average Bonchev–Trinajstić information content (AvgIpc) is 2.44. The van der Waals surface area contributed by atoms with Crippen LogP contribution in [0.1, 0.15) is 52.4 Å². The van der Waals surface area contributed by atoms with Crippen molar-refractivity contribution in [2.24, 2.45) is 10.9 Å². The van der Waals surface area contributed by atoms with Gasteiger partial charge in [-0.3, -0.25) is 4.48 Å². The fourth-order valence-corrected chi connectivity index (χ4v) is 3.74. The van der Waals surface area contributed by atoms with Gasteiger partial charge in [-0.15, -0.1) is 0 Å². The molecule has 2 aliphatic heterocycles. The monoisotopic (exact) mass is 266 g/mol. The van der Waals surface area contributed by atoms with E-state index in [0.29, 0.717) is 0 Å². The van der Waals surface area contributed by atoms with E-state index in [1.54, 1.807) is 0 Å². The molecule has 2 atom stereocenters. The summed E-state index contributed by atoms with van der Waals surface area (Å²) in [5.41, 5.74) is 0. The second-order valence-corrected chi connectivity index (χ2v) is 6.59. The summed E-state index contributed by atoms with van der Waals surface area (Å²) in [6.07, 6.45) is 8.01. The first-order chi connectivity index (χ1) is 9.19. The lowest BCUT2D eigenvalue weighted by Gasteiger charge is -2.46. The molecule has 0 aliphatic carbocycles. The molecule has 2 heterocycles. The van der Waals surface area contributed by atoms with E-state index in [2.05, 4.69) is 25.8 Å². The predicted octanol–water partition coefficient (Wildman–Crippen LogP) is 3.11. The number of guanidine groups is 1. The molecule has 0 aromatic carbocycles. The lowest BCUT2D eigenvalue weighted by molar-refractivity contribution is -0.835. The van der Waals surface area contributed by atoms with Crippen molar-refractivity contribution >= 4 is 5.96 Å². The molecule has 3 nitrogen and oxygen atoms in total. The summed E-state index contributed by atoms with van der Waals surface area (Å²) < 4.78 is 1.10. The average molecular weight is 266 g/mol. The highest BCUT2D eigenvalue weighted by atomic mass is 15.5. The Labute approximate surface area is 119 Å². The van der Waals surface area contributed by atoms with Crippen LogP contribution in [0.4, 0.5) is 0 Å². The van der Waals surface area contributed by atoms with Crippen LogP contribution in [0.3, 0.4) is 0 Å². The van der Waals surface area contributed by atoms with Crippen molar-refractivity contribution in [3.63, 3.8) is 0 Å². The Morgan fingerprint density at radius 2 is 2.05 bits per heavy atom. The van der Waals surface area contributed by atoms with Gasteiger partial charge in [0.2, 0.25) is 0 Å². The third-order valence-electron chi connectivity index (χ3n) is 4.89. The molecular formula is C16H32N3+. The molecule has 0 amide bonds. The zero-order chi connectivity index (χ0) is 13.7. The van der Waals surface area contributed by atoms with Crippen molar-refractivity contribution in [3.8, 4) is 0 Å². The van der Waals surface area contributed by atoms with Crippen molar-refractivity contribution < 1.29 is 4.48 Å². The van der Waals surface area contributed by atoms with Gasteiger partial charge >= 0.3 is 0 Å². The zero-order valence-corrected chi connectivity index (χ0v) is 13.2. The van der Waals surface area contributed by atoms with E-state index < -0.39 is 0 Å². The van der Waals surface area contributed by atoms with Crippen LogP contribution in [0.2, 0.25) is 0 Å². The van der Waals surface area contributed by atoms with Crippen LogP contribution in [-0.4, -0.2) is 55.1 Å². The molecule has 110 valence electrons. The van der Waals surface area contributed by atoms with Crippen LogP contribution in [-0.2, 0) is 0 Å². The van der Waals surface area contributed by atoms with E-state index in [1.165, 1.54) is 70.7 Å². The minimum Gasteiger partial charge on any atom is -0.311 e. The molecule has 2 rings (SSSR count). The Balaban J connectivity index is 2.04. The minimum absolute atomic E-state index is 0.870. The summed E-state index contributed by atoms with van der Waals surface area (Å²) in [5, 5.41) is 0. The lowest BCUT2D eigenvalue weighted by atomic mass is 9.97. The molecule has 0 aromatic rings. The van der Waals surface area contributed by atoms with Gasteiger partial charge in [0.05, 0.1) is 20.1 Å². The Morgan fingerprint density at radius 3 is 2.79 bits per heavy atom. The predicted molar refractivity (Wildman–Crippen MR) is 82.3 cm³/mol. The van der Waals surface area contributed by atoms with E-state index in [1.807, 2.05) is 0 Å². The van der Waals surface area contributed by atoms with Gasteiger partial charge in [-0.05, 0) is 19.3 Å². The maximum absolute atomic E-state index is 4.89. The van der Waals surface area contributed by atoms with Crippen LogP contribution in [0.15, 0.2) is 4.99 Å². The molecular weight excluding hydrogens is 234 g/mol. The van der Waals surface area contributed by atoms with Crippen LogP contribution in [0.5, 0.6) is 0 Å². The van der Waals surface area contributed by atoms with Crippen LogP contribution >= 0.6 is 0 Å². The SMILES string of the molecule is CCCCC(CC)C[N+]1(C)CCCN2CCCN=C21. The van der Waals surface area contributed by atoms with Gasteiger partial charge in [-0.25, -0.2) is 4.99 Å². The highest BCUT2D eigenvalue weighted by Crippen LogP contribution is 2.25. The van der Waals surface area contributed by atoms with E-state index >= 15 is 0 Å². The molecule has 3 heteroatoms. The molecule has 0 N–H and O–H groups in total. The minimum atomic E-state index is 0.870. The standard InChI is InChI=1S/C16H32N3/c1-4-6-9-15(5-2)14-19(3)13-8-12-18-11-7-10-17-16(18)19/h15H,4-14H2,1-3H3/q+1. The fraction of sp³-hybridized carbons (Fsp3) is 0.938. The van der Waals surface area contributed by atoms with E-state index in [4.69, 9.17) is 4.99 Å². The van der Waals surface area contributed by atoms with Gasteiger partial charge in [0.1, 0.15) is 0 Å². The first kappa shape index (κ1) is 14.8. The van der Waals surface area contributed by atoms with Crippen molar-refractivity contribution in [3.05, 3.63) is 0 Å². The van der Waals surface area contributed by atoms with Crippen molar-refractivity contribution in [1.29, 1.82) is 0 Å². The van der Waals surface area contributed by atoms with Gasteiger partial charge < -0.3 is 4.90 Å². The molecule has 0 radical (unpaired) electrons. The summed E-state index contributed by atoms with van der Waals surface area (Å²) in [7, 11) is 2.42. The second kappa shape index (κ2) is 6.74. The van der Waals surface area contributed by atoms with Crippen LogP contribution in [0, 0.1) is 5.92 Å². The topological polar surface area (TPSA) is 15.6 Å². The Bertz CT molecular complexity index is 313. The summed E-state index contributed by atoms with van der Waals surface area (Å²) in [5.74, 6) is 2.27. The molecule has 19 heavy (non-hydrogen) atoms. The number of aliphatic imine (C=N–C) groups is 1. The van der Waals surface area contributed by atoms with Gasteiger partial charge in [-0.1, -0.05) is 26.7 Å². The van der Waals surface area contributed by atoms with Gasteiger partial charge in [0, 0.05) is 32.0 Å². The summed E-state index contributed by atoms with van der Waals surface area (Å²) in [6.45, 7) is 10.8. The number of fused-ring (bicyclic) bond motifs is 1. The summed E-state index contributed by atoms with van der Waals surface area (Å²) in [4.78, 5) is 7.44. The molecule has 2 aliphatic rings. The van der Waals surface area contributed by atoms with Crippen molar-refractivity contribution in [2.45, 2.75) is 52.4 Å². The lowest BCUT2D eigenvalue weighted by Crippen LogP contribution is -2.63. The Kier molecular flexibility index (Phi) is 5.26. The maximum atomic E-state index is 4.89. The number of unbranched alkanes of at least 4 members (excludes halogenated alkanes) is 1. The summed E-state index contributed by atoms with van der Waals surface area (Å²) in [6, 6.07) is 0. The highest BCUT2D eigenvalue weighted by molar-refractivity contribution is 5.74. The van der Waals surface area contributed by atoms with Crippen molar-refractivity contribution in [2.75, 3.05) is 39.8 Å². The zero-order valence-electron chi connectivity index (χ0n) is 13.2. The van der Waals surface area contributed by atoms with E-state index in [9.17, 15) is 0 Å². The largest absolute Gasteiger partial charge is 0.311 e. The third kappa shape index (κ3) is 3.50. The van der Waals surface area contributed by atoms with Gasteiger partial charge in [-0.2, -0.15) is 0 Å². The smallest absolute Gasteiger partial charge is 0.300 e. The number of hydrogen-bond donors (Lipinski definition) is 0. The maximum Gasteiger partial charge on any atom is 0.300 e. The normalized spacial score (nSPS) is 28.8. The fourth-order valence-electron chi connectivity index (χ4n) is 3.74. The summed E-state index contributed by atoms with van der Waals surface area (Å²) >= 11 is 0. The molecule has 0 aromatic heterocycles. The molecule has 0 bridgehead atoms. The molecule has 0 saturated carbocycles. The van der Waals surface area contributed by atoms with Crippen LogP contribution < -0.4 is 0 Å². The first-order valence-electron chi connectivity index (χ1n) is 8.34. The molecule has 0 spiro atoms. The first-order valence-corrected chi connectivity index (χ1v) is 8.34. The molecule has 1 fully saturated rings. The Hall–Kier alpha value is -0.570. The second-order valence-electron chi connectivity index (χ2n) is 6.59. The quantitative estimate of drug-likeness (QED) is 0.675. The van der Waals surface area contributed by atoms with E-state index in [0.717, 1.165) is 16.9 Å². The van der Waals surface area contributed by atoms with E-state index in [-0.39, 0.29) is 0 Å². The molecule has 2 unspecified atom stereocenters. The van der Waals surface area contributed by atoms with Gasteiger partial charge in [0.25, 0.3) is 5.96 Å². The number of quaternary nitrogens is 1. The Morgan fingerprint density at radius 1 is 1.26 bits per heavy atom. The third-order valence-corrected chi connectivity index (χ3v) is 4.89.